The van der Waals surface area contributed by atoms with Crippen LogP contribution in [0.15, 0.2) is 24.3 Å². The molecule has 146 valence electrons. The molecule has 0 saturated heterocycles. The zero-order valence-electron chi connectivity index (χ0n) is 15.8. The summed E-state index contributed by atoms with van der Waals surface area (Å²) in [5, 5.41) is 2.77. The van der Waals surface area contributed by atoms with E-state index >= 15 is 0 Å². The Labute approximate surface area is 156 Å². The Balaban J connectivity index is 2.21. The normalized spacial score (nSPS) is 11.3. The minimum absolute atomic E-state index is 0.106. The number of nitrogens with one attached hydrogen (secondary N) is 1. The number of hydrogen-bond acceptors (Lipinski definition) is 5. The zero-order valence-corrected chi connectivity index (χ0v) is 15.8. The number of halogens is 3. The van der Waals surface area contributed by atoms with E-state index in [9.17, 15) is 18.0 Å². The number of likely N-dealkylation sites (N-methyl/N-ethyl adjacent to an activating group) is 1. The van der Waals surface area contributed by atoms with E-state index in [1.54, 1.807) is 20.2 Å². The van der Waals surface area contributed by atoms with Crippen molar-refractivity contribution in [2.75, 3.05) is 42.8 Å². The summed E-state index contributed by atoms with van der Waals surface area (Å²) in [6.07, 6.45) is -4.61. The molecule has 0 saturated carbocycles. The number of alkyl halides is 3. The van der Waals surface area contributed by atoms with E-state index in [0.29, 0.717) is 5.69 Å². The predicted octanol–water partition coefficient (Wildman–Crippen LogP) is 3.25. The highest BCUT2D eigenvalue weighted by molar-refractivity contribution is 5.94. The largest absolute Gasteiger partial charge is 0.433 e. The summed E-state index contributed by atoms with van der Waals surface area (Å²) in [4.78, 5) is 22.7. The van der Waals surface area contributed by atoms with Crippen molar-refractivity contribution in [3.63, 3.8) is 0 Å². The average molecular weight is 381 g/mol. The lowest BCUT2D eigenvalue weighted by molar-refractivity contribution is -0.141. The number of hydrogen-bond donors (Lipinski definition) is 1. The smallest absolute Gasteiger partial charge is 0.363 e. The summed E-state index contributed by atoms with van der Waals surface area (Å²) < 4.78 is 39.3. The first-order valence-corrected chi connectivity index (χ1v) is 8.20. The van der Waals surface area contributed by atoms with Crippen molar-refractivity contribution in [2.24, 2.45) is 0 Å². The first kappa shape index (κ1) is 20.5. The zero-order chi connectivity index (χ0) is 20.4. The Hall–Kier alpha value is -2.84. The topological polar surface area (TPSA) is 61.4 Å². The molecule has 0 unspecified atom stereocenters. The van der Waals surface area contributed by atoms with E-state index in [1.165, 1.54) is 16.8 Å². The van der Waals surface area contributed by atoms with Crippen LogP contribution in [0.25, 0.3) is 0 Å². The second-order valence-electron chi connectivity index (χ2n) is 6.46. The van der Waals surface area contributed by atoms with Crippen molar-refractivity contribution >= 4 is 23.4 Å². The molecule has 0 radical (unpaired) electrons. The van der Waals surface area contributed by atoms with Gasteiger partial charge >= 0.3 is 6.18 Å². The molecular weight excluding hydrogens is 359 g/mol. The van der Waals surface area contributed by atoms with E-state index in [0.717, 1.165) is 17.2 Å². The van der Waals surface area contributed by atoms with Gasteiger partial charge in [-0.25, -0.2) is 4.98 Å². The molecule has 0 aliphatic rings. The van der Waals surface area contributed by atoms with Crippen LogP contribution in [0.5, 0.6) is 0 Å². The maximum Gasteiger partial charge on any atom is 0.433 e. The molecule has 1 heterocycles. The van der Waals surface area contributed by atoms with Gasteiger partial charge in [-0.1, -0.05) is 12.1 Å². The quantitative estimate of drug-likeness (QED) is 0.862. The molecule has 0 atom stereocenters. The number of aromatic nitrogens is 2. The fraction of sp³-hybridized carbons (Fsp3) is 0.389. The molecule has 1 aromatic heterocycles. The second-order valence-corrected chi connectivity index (χ2v) is 6.46. The number of carbonyl (C=O) groups is 1. The van der Waals surface area contributed by atoms with E-state index < -0.39 is 11.9 Å². The van der Waals surface area contributed by atoms with Crippen LogP contribution < -0.4 is 15.1 Å². The van der Waals surface area contributed by atoms with Gasteiger partial charge in [-0.05, 0) is 31.0 Å². The van der Waals surface area contributed by atoms with Gasteiger partial charge in [0.15, 0.2) is 5.69 Å². The third-order valence-electron chi connectivity index (χ3n) is 4.05. The van der Waals surface area contributed by atoms with Gasteiger partial charge in [0.05, 0.1) is 6.54 Å². The second kappa shape index (κ2) is 7.81. The Morgan fingerprint density at radius 1 is 1.15 bits per heavy atom. The van der Waals surface area contributed by atoms with Gasteiger partial charge in [0.2, 0.25) is 11.9 Å². The molecule has 2 aromatic rings. The molecule has 0 bridgehead atoms. The number of carbonyl (C=O) groups excluding carboxylic acids is 1. The van der Waals surface area contributed by atoms with Gasteiger partial charge in [-0.3, -0.25) is 4.79 Å². The summed E-state index contributed by atoms with van der Waals surface area (Å²) in [5.41, 5.74) is 1.56. The third-order valence-corrected chi connectivity index (χ3v) is 4.05. The highest BCUT2D eigenvalue weighted by Gasteiger charge is 2.34. The van der Waals surface area contributed by atoms with Crippen LogP contribution in [-0.2, 0) is 11.0 Å². The number of anilines is 3. The maximum absolute atomic E-state index is 13.1. The fourth-order valence-corrected chi connectivity index (χ4v) is 2.33. The highest BCUT2D eigenvalue weighted by Crippen LogP contribution is 2.30. The van der Waals surface area contributed by atoms with Crippen LogP contribution in [0.1, 0.15) is 16.8 Å². The van der Waals surface area contributed by atoms with E-state index in [-0.39, 0.29) is 24.2 Å². The molecule has 0 fully saturated rings. The molecule has 0 spiro atoms. The van der Waals surface area contributed by atoms with Crippen LogP contribution in [0.3, 0.4) is 0 Å². The molecule has 1 N–H and O–H groups in total. The Morgan fingerprint density at radius 3 is 2.41 bits per heavy atom. The lowest BCUT2D eigenvalue weighted by Gasteiger charge is -2.21. The molecule has 6 nitrogen and oxygen atoms in total. The molecule has 1 aromatic carbocycles. The van der Waals surface area contributed by atoms with Crippen molar-refractivity contribution in [1.82, 2.24) is 9.97 Å². The molecule has 0 aliphatic heterocycles. The minimum Gasteiger partial charge on any atom is -0.363 e. The molecule has 27 heavy (non-hydrogen) atoms. The van der Waals surface area contributed by atoms with Gasteiger partial charge < -0.3 is 15.1 Å². The van der Waals surface area contributed by atoms with E-state index in [1.807, 2.05) is 26.0 Å². The van der Waals surface area contributed by atoms with Gasteiger partial charge in [-0.2, -0.15) is 18.2 Å². The van der Waals surface area contributed by atoms with Gasteiger partial charge in [-0.15, -0.1) is 0 Å². The maximum atomic E-state index is 13.1. The average Bonchev–Trinajstić information content (AvgIpc) is 2.57. The first-order valence-electron chi connectivity index (χ1n) is 8.20. The Kier molecular flexibility index (Phi) is 5.92. The SMILES string of the molecule is Cc1cccc(NC(=O)CN(C)c2nc(N(C)C)cc(C(F)(F)F)n2)c1C. The summed E-state index contributed by atoms with van der Waals surface area (Å²) in [6, 6.07) is 6.38. The predicted molar refractivity (Wildman–Crippen MR) is 99.2 cm³/mol. The standard InChI is InChI=1S/C18H22F3N5O/c1-11-7-6-8-13(12(11)2)22-16(27)10-26(5)17-23-14(18(19,20)21)9-15(24-17)25(3)4/h6-9H,10H2,1-5H3,(H,22,27). The number of aryl methyl sites for hydroxylation is 1. The number of benzene rings is 1. The van der Waals surface area contributed by atoms with Crippen molar-refractivity contribution in [1.29, 1.82) is 0 Å². The van der Waals surface area contributed by atoms with Gasteiger partial charge in [0, 0.05) is 32.9 Å². The van der Waals surface area contributed by atoms with Crippen LogP contribution in [0.4, 0.5) is 30.6 Å². The van der Waals surface area contributed by atoms with Crippen molar-refractivity contribution < 1.29 is 18.0 Å². The number of rotatable bonds is 5. The summed E-state index contributed by atoms with van der Waals surface area (Å²) in [6.45, 7) is 3.62. The lowest BCUT2D eigenvalue weighted by Crippen LogP contribution is -2.32. The lowest BCUT2D eigenvalue weighted by atomic mass is 10.1. The Bertz CT molecular complexity index is 836. The van der Waals surface area contributed by atoms with E-state index in [4.69, 9.17) is 0 Å². The van der Waals surface area contributed by atoms with Gasteiger partial charge in [0.1, 0.15) is 5.82 Å². The van der Waals surface area contributed by atoms with Crippen molar-refractivity contribution in [3.05, 3.63) is 41.1 Å². The molecule has 9 heteroatoms. The monoisotopic (exact) mass is 381 g/mol. The van der Waals surface area contributed by atoms with Crippen molar-refractivity contribution in [3.8, 4) is 0 Å². The summed E-state index contributed by atoms with van der Waals surface area (Å²) in [7, 11) is 4.64. The summed E-state index contributed by atoms with van der Waals surface area (Å²) in [5.74, 6) is -0.447. The number of nitrogens with zero attached hydrogens (tertiary/aromatic N) is 4. The van der Waals surface area contributed by atoms with Crippen LogP contribution in [-0.4, -0.2) is 43.6 Å². The van der Waals surface area contributed by atoms with Crippen LogP contribution >= 0.6 is 0 Å². The molecule has 0 aliphatic carbocycles. The highest BCUT2D eigenvalue weighted by atomic mass is 19.4. The Morgan fingerprint density at radius 2 is 1.81 bits per heavy atom. The number of amides is 1. The molecular formula is C18H22F3N5O. The van der Waals surface area contributed by atoms with Gasteiger partial charge in [0.25, 0.3) is 0 Å². The minimum atomic E-state index is -4.61. The first-order chi connectivity index (χ1) is 12.5. The van der Waals surface area contributed by atoms with Crippen LogP contribution in [0, 0.1) is 13.8 Å². The molecule has 2 rings (SSSR count). The third kappa shape index (κ3) is 5.08. The van der Waals surface area contributed by atoms with E-state index in [2.05, 4.69) is 15.3 Å². The van der Waals surface area contributed by atoms with Crippen LogP contribution in [0.2, 0.25) is 0 Å². The molecule has 1 amide bonds. The van der Waals surface area contributed by atoms with Crippen molar-refractivity contribution in [2.45, 2.75) is 20.0 Å². The fourth-order valence-electron chi connectivity index (χ4n) is 2.33. The summed E-state index contributed by atoms with van der Waals surface area (Å²) >= 11 is 0.